The first-order chi connectivity index (χ1) is 11.0. The van der Waals surface area contributed by atoms with Gasteiger partial charge in [0.2, 0.25) is 0 Å². The van der Waals surface area contributed by atoms with Gasteiger partial charge in [-0.15, -0.1) is 0 Å². The lowest BCUT2D eigenvalue weighted by atomic mass is 10.1. The lowest BCUT2D eigenvalue weighted by Crippen LogP contribution is -2.23. The molecule has 1 aliphatic heterocycles. The van der Waals surface area contributed by atoms with Crippen LogP contribution in [0.5, 0.6) is 5.75 Å². The molecule has 0 amide bonds. The van der Waals surface area contributed by atoms with Crippen LogP contribution in [0.15, 0.2) is 58.4 Å². The number of hydrogen-bond donors (Lipinski definition) is 2. The molecule has 23 heavy (non-hydrogen) atoms. The van der Waals surface area contributed by atoms with E-state index in [1.807, 2.05) is 0 Å². The molecule has 6 nitrogen and oxygen atoms in total. The average Bonchev–Trinajstić information content (AvgIpc) is 2.84. The van der Waals surface area contributed by atoms with Gasteiger partial charge < -0.3 is 9.84 Å². The lowest BCUT2D eigenvalue weighted by molar-refractivity contribution is 0.187. The largest absolute Gasteiger partial charge is 0.497 e. The lowest BCUT2D eigenvalue weighted by Gasteiger charge is -2.09. The topological polar surface area (TPSA) is 88.0 Å². The number of nitrogens with one attached hydrogen (secondary N) is 1. The monoisotopic (exact) mass is 332 g/mol. The second-order valence-electron chi connectivity index (χ2n) is 5.08. The van der Waals surface area contributed by atoms with E-state index in [4.69, 9.17) is 4.74 Å². The van der Waals surface area contributed by atoms with Crippen LogP contribution in [0.4, 0.5) is 0 Å². The molecule has 7 heteroatoms. The van der Waals surface area contributed by atoms with Crippen LogP contribution in [-0.2, 0) is 10.0 Å². The van der Waals surface area contributed by atoms with Crippen LogP contribution < -0.4 is 9.46 Å². The molecule has 0 spiro atoms. The number of aliphatic imine (C=N–C) groups is 1. The summed E-state index contributed by atoms with van der Waals surface area (Å²) in [5.74, 6) is 0.956. The van der Waals surface area contributed by atoms with Gasteiger partial charge in [-0.1, -0.05) is 24.3 Å². The van der Waals surface area contributed by atoms with E-state index in [1.165, 1.54) is 6.07 Å². The van der Waals surface area contributed by atoms with Gasteiger partial charge in [0.25, 0.3) is 10.0 Å². The number of aliphatic hydroxyl groups excluding tert-OH is 1. The minimum absolute atomic E-state index is 0.0541. The Labute approximate surface area is 134 Å². The van der Waals surface area contributed by atoms with E-state index in [0.717, 1.165) is 0 Å². The maximum Gasteiger partial charge on any atom is 0.263 e. The maximum absolute atomic E-state index is 12.0. The Kier molecular flexibility index (Phi) is 4.06. The summed E-state index contributed by atoms with van der Waals surface area (Å²) in [6.07, 6.45) is -0.828. The Bertz CT molecular complexity index is 845. The first kappa shape index (κ1) is 15.5. The van der Waals surface area contributed by atoms with Gasteiger partial charge in [-0.3, -0.25) is 9.71 Å². The zero-order valence-electron chi connectivity index (χ0n) is 12.4. The molecular formula is C16H16N2O4S. The van der Waals surface area contributed by atoms with Crippen molar-refractivity contribution in [1.82, 2.24) is 4.72 Å². The zero-order chi connectivity index (χ0) is 16.4. The Morgan fingerprint density at radius 2 is 1.87 bits per heavy atom. The maximum atomic E-state index is 12.0. The van der Waals surface area contributed by atoms with Gasteiger partial charge in [-0.05, 0) is 29.8 Å². The highest BCUT2D eigenvalue weighted by Crippen LogP contribution is 2.23. The second kappa shape index (κ2) is 6.02. The van der Waals surface area contributed by atoms with Crippen molar-refractivity contribution in [2.75, 3.05) is 13.7 Å². The number of ether oxygens (including phenoxy) is 1. The van der Waals surface area contributed by atoms with Gasteiger partial charge in [0.1, 0.15) is 11.6 Å². The van der Waals surface area contributed by atoms with Crippen LogP contribution in [0.2, 0.25) is 0 Å². The Morgan fingerprint density at radius 3 is 2.57 bits per heavy atom. The fourth-order valence-electron chi connectivity index (χ4n) is 2.36. The standard InChI is InChI=1S/C16H16N2O4S/c1-22-12-8-6-11(7-9-12)14(19)10-17-16-13-4-2-3-5-15(13)23(20,21)18-16/h2-9,14,19H,10H2,1H3,(H,17,18). The molecule has 0 aliphatic carbocycles. The third-order valence-corrected chi connectivity index (χ3v) is 4.98. The van der Waals surface area contributed by atoms with Gasteiger partial charge in [0.15, 0.2) is 0 Å². The van der Waals surface area contributed by atoms with Crippen LogP contribution in [0.25, 0.3) is 0 Å². The van der Waals surface area contributed by atoms with Gasteiger partial charge in [-0.25, -0.2) is 8.42 Å². The Hall–Kier alpha value is -2.38. The second-order valence-corrected chi connectivity index (χ2v) is 6.73. The molecule has 0 saturated carbocycles. The predicted molar refractivity (Wildman–Crippen MR) is 86.1 cm³/mol. The SMILES string of the molecule is COc1ccc(C(O)CN=C2NS(=O)(=O)c3ccccc32)cc1. The van der Waals surface area contributed by atoms with Crippen LogP contribution in [-0.4, -0.2) is 33.0 Å². The number of nitrogens with zero attached hydrogens (tertiary/aromatic N) is 1. The minimum atomic E-state index is -3.56. The third kappa shape index (κ3) is 3.06. The summed E-state index contributed by atoms with van der Waals surface area (Å²) in [6, 6.07) is 13.6. The molecule has 0 radical (unpaired) electrons. The first-order valence-corrected chi connectivity index (χ1v) is 8.48. The number of rotatable bonds is 4. The number of fused-ring (bicyclic) bond motifs is 1. The van der Waals surface area contributed by atoms with E-state index in [2.05, 4.69) is 9.71 Å². The van der Waals surface area contributed by atoms with Crippen LogP contribution in [0.1, 0.15) is 17.2 Å². The van der Waals surface area contributed by atoms with Crippen molar-refractivity contribution >= 4 is 15.9 Å². The van der Waals surface area contributed by atoms with Gasteiger partial charge in [0.05, 0.1) is 24.7 Å². The molecule has 1 heterocycles. The van der Waals surface area contributed by atoms with Crippen molar-refractivity contribution < 1.29 is 18.3 Å². The molecule has 1 unspecified atom stereocenters. The summed E-state index contributed by atoms with van der Waals surface area (Å²) in [4.78, 5) is 4.43. The molecular weight excluding hydrogens is 316 g/mol. The molecule has 2 N–H and O–H groups in total. The van der Waals surface area contributed by atoms with E-state index < -0.39 is 16.1 Å². The first-order valence-electron chi connectivity index (χ1n) is 7.00. The zero-order valence-corrected chi connectivity index (χ0v) is 13.2. The van der Waals surface area contributed by atoms with Crippen molar-refractivity contribution in [2.24, 2.45) is 4.99 Å². The summed E-state index contributed by atoms with van der Waals surface area (Å²) in [6.45, 7) is 0.0541. The van der Waals surface area contributed by atoms with Crippen molar-refractivity contribution in [1.29, 1.82) is 0 Å². The van der Waals surface area contributed by atoms with Crippen molar-refractivity contribution in [3.8, 4) is 5.75 Å². The third-order valence-electron chi connectivity index (χ3n) is 3.59. The number of aliphatic hydroxyl groups is 1. The fourth-order valence-corrected chi connectivity index (χ4v) is 3.61. The normalized spacial score (nSPS) is 18.3. The van der Waals surface area contributed by atoms with E-state index in [-0.39, 0.29) is 17.3 Å². The number of benzene rings is 2. The highest BCUT2D eigenvalue weighted by molar-refractivity contribution is 7.90. The van der Waals surface area contributed by atoms with Crippen molar-refractivity contribution in [3.63, 3.8) is 0 Å². The van der Waals surface area contributed by atoms with Crippen molar-refractivity contribution in [3.05, 3.63) is 59.7 Å². The highest BCUT2D eigenvalue weighted by atomic mass is 32.2. The summed E-state index contributed by atoms with van der Waals surface area (Å²) in [5.41, 5.74) is 1.21. The van der Waals surface area contributed by atoms with Crippen LogP contribution in [0, 0.1) is 0 Å². The van der Waals surface area contributed by atoms with E-state index >= 15 is 0 Å². The minimum Gasteiger partial charge on any atom is -0.497 e. The highest BCUT2D eigenvalue weighted by Gasteiger charge is 2.30. The summed E-state index contributed by atoms with van der Waals surface area (Å²) < 4.78 is 31.4. The molecule has 120 valence electrons. The van der Waals surface area contributed by atoms with Gasteiger partial charge in [0, 0.05) is 5.56 Å². The smallest absolute Gasteiger partial charge is 0.263 e. The number of methoxy groups -OCH3 is 1. The van der Waals surface area contributed by atoms with Gasteiger partial charge >= 0.3 is 0 Å². The molecule has 0 saturated heterocycles. The number of amidine groups is 1. The molecule has 3 rings (SSSR count). The summed E-state index contributed by atoms with van der Waals surface area (Å²) >= 11 is 0. The number of sulfonamides is 1. The van der Waals surface area contributed by atoms with E-state index in [0.29, 0.717) is 16.9 Å². The Morgan fingerprint density at radius 1 is 1.17 bits per heavy atom. The average molecular weight is 332 g/mol. The van der Waals surface area contributed by atoms with Crippen LogP contribution >= 0.6 is 0 Å². The molecule has 0 aromatic heterocycles. The van der Waals surface area contributed by atoms with E-state index in [9.17, 15) is 13.5 Å². The summed E-state index contributed by atoms with van der Waals surface area (Å²) in [7, 11) is -1.98. The summed E-state index contributed by atoms with van der Waals surface area (Å²) in [5, 5.41) is 10.2. The molecule has 0 bridgehead atoms. The fraction of sp³-hybridized carbons (Fsp3) is 0.188. The molecule has 1 aliphatic rings. The quantitative estimate of drug-likeness (QED) is 0.887. The Balaban J connectivity index is 1.80. The molecule has 2 aromatic rings. The van der Waals surface area contributed by atoms with E-state index in [1.54, 1.807) is 49.6 Å². The van der Waals surface area contributed by atoms with Gasteiger partial charge in [-0.2, -0.15) is 0 Å². The number of hydrogen-bond acceptors (Lipinski definition) is 5. The molecule has 1 atom stereocenters. The molecule has 0 fully saturated rings. The molecule has 2 aromatic carbocycles. The van der Waals surface area contributed by atoms with Crippen molar-refractivity contribution in [2.45, 2.75) is 11.0 Å². The predicted octanol–water partition coefficient (Wildman–Crippen LogP) is 1.47. The van der Waals surface area contributed by atoms with Crippen LogP contribution in [0.3, 0.4) is 0 Å².